The molecule has 0 aliphatic carbocycles. The van der Waals surface area contributed by atoms with Gasteiger partial charge >= 0.3 is 0 Å². The van der Waals surface area contributed by atoms with E-state index in [1.54, 1.807) is 6.92 Å². The maximum Gasteiger partial charge on any atom is 0.190 e. The second kappa shape index (κ2) is 7.40. The van der Waals surface area contributed by atoms with Gasteiger partial charge in [-0.15, -0.1) is 0 Å². The summed E-state index contributed by atoms with van der Waals surface area (Å²) in [5.74, 6) is -1.78. The molecule has 0 aliphatic heterocycles. The summed E-state index contributed by atoms with van der Waals surface area (Å²) in [5, 5.41) is 0. The average molecular weight is 273 g/mol. The quantitative estimate of drug-likeness (QED) is 0.777. The molecule has 0 saturated heterocycles. The lowest BCUT2D eigenvalue weighted by atomic mass is 10.1. The Bertz CT molecular complexity index is 385. The normalized spacial score (nSPS) is 12.8. The topological polar surface area (TPSA) is 44.5 Å². The van der Waals surface area contributed by atoms with Crippen LogP contribution in [0.1, 0.15) is 26.3 Å². The van der Waals surface area contributed by atoms with E-state index in [4.69, 9.17) is 15.2 Å². The van der Waals surface area contributed by atoms with Crippen LogP contribution in [0.5, 0.6) is 5.75 Å². The Morgan fingerprint density at radius 2 is 1.68 bits per heavy atom. The van der Waals surface area contributed by atoms with E-state index in [0.717, 1.165) is 0 Å². The molecule has 0 spiro atoms. The monoisotopic (exact) mass is 273 g/mol. The van der Waals surface area contributed by atoms with Crippen LogP contribution in [-0.4, -0.2) is 25.4 Å². The van der Waals surface area contributed by atoms with Crippen LogP contribution < -0.4 is 10.5 Å². The van der Waals surface area contributed by atoms with Crippen LogP contribution in [0, 0.1) is 11.6 Å². The van der Waals surface area contributed by atoms with Crippen molar-refractivity contribution in [3.8, 4) is 5.75 Å². The van der Waals surface area contributed by atoms with Crippen molar-refractivity contribution in [3.05, 3.63) is 29.3 Å². The van der Waals surface area contributed by atoms with Crippen molar-refractivity contribution >= 4 is 0 Å². The van der Waals surface area contributed by atoms with Gasteiger partial charge in [0.2, 0.25) is 0 Å². The van der Waals surface area contributed by atoms with Gasteiger partial charge < -0.3 is 15.2 Å². The van der Waals surface area contributed by atoms with E-state index in [-0.39, 0.29) is 31.1 Å². The molecular weight excluding hydrogens is 252 g/mol. The Hall–Kier alpha value is -1.20. The van der Waals surface area contributed by atoms with Crippen molar-refractivity contribution in [1.29, 1.82) is 0 Å². The minimum absolute atomic E-state index is 0.0618. The number of rotatable bonds is 7. The van der Waals surface area contributed by atoms with Crippen LogP contribution in [0.25, 0.3) is 0 Å². The van der Waals surface area contributed by atoms with Crippen LogP contribution in [0.3, 0.4) is 0 Å². The first-order chi connectivity index (χ1) is 8.90. The van der Waals surface area contributed by atoms with Crippen molar-refractivity contribution in [2.75, 3.05) is 13.2 Å². The molecule has 0 heterocycles. The molecule has 1 aromatic carbocycles. The highest BCUT2D eigenvalue weighted by Gasteiger charge is 2.13. The molecule has 1 atom stereocenters. The Morgan fingerprint density at radius 1 is 1.11 bits per heavy atom. The maximum absolute atomic E-state index is 13.7. The fourth-order valence-electron chi connectivity index (χ4n) is 1.67. The summed E-state index contributed by atoms with van der Waals surface area (Å²) in [6.45, 7) is 5.94. The van der Waals surface area contributed by atoms with E-state index in [2.05, 4.69) is 0 Å². The first-order valence-corrected chi connectivity index (χ1v) is 6.38. The van der Waals surface area contributed by atoms with Gasteiger partial charge in [-0.2, -0.15) is 0 Å². The first-order valence-electron chi connectivity index (χ1n) is 6.38. The molecule has 0 fully saturated rings. The molecule has 0 saturated carbocycles. The van der Waals surface area contributed by atoms with Crippen LogP contribution in [-0.2, 0) is 11.2 Å². The van der Waals surface area contributed by atoms with Gasteiger partial charge in [0.05, 0.1) is 12.7 Å². The Kier molecular flexibility index (Phi) is 6.18. The summed E-state index contributed by atoms with van der Waals surface area (Å²) in [6, 6.07) is 2.36. The Morgan fingerprint density at radius 3 is 2.16 bits per heavy atom. The van der Waals surface area contributed by atoms with Gasteiger partial charge in [0.1, 0.15) is 6.61 Å². The largest absolute Gasteiger partial charge is 0.485 e. The molecule has 19 heavy (non-hydrogen) atoms. The summed E-state index contributed by atoms with van der Waals surface area (Å²) >= 11 is 0. The standard InChI is InChI=1S/C14H21F2NO2/c1-9(2)18-4-5-19-14-12(15)7-11(6-10(3)17)8-13(14)16/h7-10H,4-6,17H2,1-3H3. The number of hydrogen-bond donors (Lipinski definition) is 1. The summed E-state index contributed by atoms with van der Waals surface area (Å²) in [4.78, 5) is 0. The van der Waals surface area contributed by atoms with Gasteiger partial charge in [0.15, 0.2) is 17.4 Å². The first kappa shape index (κ1) is 15.9. The van der Waals surface area contributed by atoms with Crippen LogP contribution >= 0.6 is 0 Å². The fourth-order valence-corrected chi connectivity index (χ4v) is 1.67. The van der Waals surface area contributed by atoms with E-state index in [1.165, 1.54) is 12.1 Å². The predicted octanol–water partition coefficient (Wildman–Crippen LogP) is 2.66. The van der Waals surface area contributed by atoms with Crippen molar-refractivity contribution < 1.29 is 18.3 Å². The average Bonchev–Trinajstić information content (AvgIpc) is 2.25. The lowest BCUT2D eigenvalue weighted by Crippen LogP contribution is -2.18. The molecule has 108 valence electrons. The minimum atomic E-state index is -0.708. The molecule has 1 rings (SSSR count). The second-order valence-electron chi connectivity index (χ2n) is 4.84. The highest BCUT2D eigenvalue weighted by molar-refractivity contribution is 5.31. The second-order valence-corrected chi connectivity index (χ2v) is 4.84. The van der Waals surface area contributed by atoms with Crippen molar-refractivity contribution in [2.45, 2.75) is 39.3 Å². The molecule has 3 nitrogen and oxygen atoms in total. The molecule has 1 aromatic rings. The smallest absolute Gasteiger partial charge is 0.190 e. The molecule has 1 unspecified atom stereocenters. The minimum Gasteiger partial charge on any atom is -0.485 e. The van der Waals surface area contributed by atoms with Gasteiger partial charge in [-0.3, -0.25) is 0 Å². The van der Waals surface area contributed by atoms with Gasteiger partial charge in [-0.25, -0.2) is 8.78 Å². The molecular formula is C14H21F2NO2. The van der Waals surface area contributed by atoms with Gasteiger partial charge in [-0.1, -0.05) is 0 Å². The molecule has 0 amide bonds. The third-order valence-electron chi connectivity index (χ3n) is 2.40. The zero-order chi connectivity index (χ0) is 14.4. The third kappa shape index (κ3) is 5.53. The van der Waals surface area contributed by atoms with Crippen molar-refractivity contribution in [2.24, 2.45) is 5.73 Å². The van der Waals surface area contributed by atoms with E-state index in [9.17, 15) is 8.78 Å². The molecule has 0 radical (unpaired) electrons. The van der Waals surface area contributed by atoms with Crippen LogP contribution in [0.2, 0.25) is 0 Å². The van der Waals surface area contributed by atoms with Crippen LogP contribution in [0.15, 0.2) is 12.1 Å². The van der Waals surface area contributed by atoms with E-state index >= 15 is 0 Å². The van der Waals surface area contributed by atoms with Crippen LogP contribution in [0.4, 0.5) is 8.78 Å². The SMILES string of the molecule is CC(N)Cc1cc(F)c(OCCOC(C)C)c(F)c1. The van der Waals surface area contributed by atoms with Crippen molar-refractivity contribution in [3.63, 3.8) is 0 Å². The number of nitrogens with two attached hydrogens (primary N) is 1. The van der Waals surface area contributed by atoms with E-state index in [1.807, 2.05) is 13.8 Å². The van der Waals surface area contributed by atoms with E-state index < -0.39 is 11.6 Å². The summed E-state index contributed by atoms with van der Waals surface area (Å²) < 4.78 is 37.7. The van der Waals surface area contributed by atoms with Gasteiger partial charge in [0, 0.05) is 6.04 Å². The third-order valence-corrected chi connectivity index (χ3v) is 2.40. The highest BCUT2D eigenvalue weighted by Crippen LogP contribution is 2.23. The Labute approximate surface area is 112 Å². The molecule has 0 aliphatic rings. The number of hydrogen-bond acceptors (Lipinski definition) is 3. The zero-order valence-electron chi connectivity index (χ0n) is 11.6. The lowest BCUT2D eigenvalue weighted by Gasteiger charge is -2.12. The summed E-state index contributed by atoms with van der Waals surface area (Å²) in [7, 11) is 0. The lowest BCUT2D eigenvalue weighted by molar-refractivity contribution is 0.0535. The van der Waals surface area contributed by atoms with Gasteiger partial charge in [0.25, 0.3) is 0 Å². The predicted molar refractivity (Wildman–Crippen MR) is 70.3 cm³/mol. The summed E-state index contributed by atoms with van der Waals surface area (Å²) in [6.07, 6.45) is 0.483. The Balaban J connectivity index is 2.63. The molecule has 2 N–H and O–H groups in total. The molecule has 0 aromatic heterocycles. The molecule has 0 bridgehead atoms. The molecule has 5 heteroatoms. The number of benzene rings is 1. The highest BCUT2D eigenvalue weighted by atomic mass is 19.1. The maximum atomic E-state index is 13.7. The fraction of sp³-hybridized carbons (Fsp3) is 0.571. The van der Waals surface area contributed by atoms with Gasteiger partial charge in [-0.05, 0) is 44.9 Å². The summed E-state index contributed by atoms with van der Waals surface area (Å²) in [5.41, 5.74) is 6.12. The zero-order valence-corrected chi connectivity index (χ0v) is 11.6. The van der Waals surface area contributed by atoms with E-state index in [0.29, 0.717) is 12.0 Å². The van der Waals surface area contributed by atoms with Crippen molar-refractivity contribution in [1.82, 2.24) is 0 Å². The number of halogens is 2. The number of ether oxygens (including phenoxy) is 2.